The Morgan fingerprint density at radius 3 is 2.50 bits per heavy atom. The Morgan fingerprint density at radius 2 is 1.81 bits per heavy atom. The molecule has 0 aromatic heterocycles. The first-order valence-corrected chi connectivity index (χ1v) is 15.9. The third-order valence-electron chi connectivity index (χ3n) is 6.66. The quantitative estimate of drug-likeness (QED) is 0.240. The number of nitrogens with one attached hydrogen (secondary N) is 4. The lowest BCUT2D eigenvalue weighted by Crippen LogP contribution is -2.55. The van der Waals surface area contributed by atoms with E-state index < -0.39 is 28.2 Å². The van der Waals surface area contributed by atoms with Gasteiger partial charge in [0.1, 0.15) is 17.8 Å². The van der Waals surface area contributed by atoms with Crippen molar-refractivity contribution in [2.24, 2.45) is 5.92 Å². The molecule has 2 atom stereocenters. The molecule has 1 saturated heterocycles. The van der Waals surface area contributed by atoms with Crippen LogP contribution in [0.25, 0.3) is 0 Å². The standard InChI is InChI=1S/C29H40ClN5O6S/c1-4-31-27(36)19-41-26-13-12-23(30)16-22(26)18-32-28(37)25-11-8-14-35(25)29(38)24(15-20(2)3)34-42(39,40)33-17-21-9-6-5-7-10-21/h5-7,9-10,12-13,16,20,24-25,33-34H,4,8,11,14-15,17-19H2,1-3H3,(H,31,36)(H,32,37)/t24-,25-/m0/s1. The summed E-state index contributed by atoms with van der Waals surface area (Å²) in [7, 11) is -4.01. The number of benzene rings is 2. The smallest absolute Gasteiger partial charge is 0.277 e. The van der Waals surface area contributed by atoms with Gasteiger partial charge in [-0.3, -0.25) is 14.4 Å². The normalized spacial score (nSPS) is 15.8. The minimum Gasteiger partial charge on any atom is -0.483 e. The van der Waals surface area contributed by atoms with Crippen LogP contribution in [0.15, 0.2) is 48.5 Å². The Kier molecular flexibility index (Phi) is 12.6. The molecule has 1 heterocycles. The molecular formula is C29H40ClN5O6S. The fraction of sp³-hybridized carbons (Fsp3) is 0.483. The van der Waals surface area contributed by atoms with Crippen molar-refractivity contribution in [3.05, 3.63) is 64.7 Å². The van der Waals surface area contributed by atoms with Gasteiger partial charge in [-0.05, 0) is 55.9 Å². The van der Waals surface area contributed by atoms with Crippen molar-refractivity contribution < 1.29 is 27.5 Å². The lowest BCUT2D eigenvalue weighted by atomic mass is 10.0. The Hall–Kier alpha value is -3.19. The second-order valence-electron chi connectivity index (χ2n) is 10.5. The van der Waals surface area contributed by atoms with Crippen LogP contribution in [0.1, 0.15) is 51.2 Å². The van der Waals surface area contributed by atoms with E-state index in [2.05, 4.69) is 20.1 Å². The zero-order chi connectivity index (χ0) is 30.7. The minimum absolute atomic E-state index is 0.0197. The van der Waals surface area contributed by atoms with Crippen LogP contribution in [0.3, 0.4) is 0 Å². The predicted molar refractivity (Wildman–Crippen MR) is 161 cm³/mol. The number of likely N-dealkylation sites (N-methyl/N-ethyl adjacent to an activating group) is 1. The van der Waals surface area contributed by atoms with Gasteiger partial charge in [-0.1, -0.05) is 55.8 Å². The molecule has 13 heteroatoms. The number of ether oxygens (including phenoxy) is 1. The first-order valence-electron chi connectivity index (χ1n) is 14.1. The molecule has 0 saturated carbocycles. The van der Waals surface area contributed by atoms with Crippen LogP contribution in [-0.2, 0) is 37.7 Å². The molecule has 42 heavy (non-hydrogen) atoms. The maximum Gasteiger partial charge on any atom is 0.277 e. The number of nitrogens with zero attached hydrogens (tertiary/aromatic N) is 1. The minimum atomic E-state index is -4.01. The second-order valence-corrected chi connectivity index (χ2v) is 12.5. The van der Waals surface area contributed by atoms with E-state index in [-0.39, 0.29) is 43.8 Å². The molecule has 4 N–H and O–H groups in total. The van der Waals surface area contributed by atoms with Gasteiger partial charge < -0.3 is 20.3 Å². The summed E-state index contributed by atoms with van der Waals surface area (Å²) in [6.07, 6.45) is 1.32. The molecule has 11 nitrogen and oxygen atoms in total. The summed E-state index contributed by atoms with van der Waals surface area (Å²) in [5.41, 5.74) is 1.36. The predicted octanol–water partition coefficient (Wildman–Crippen LogP) is 2.50. The summed E-state index contributed by atoms with van der Waals surface area (Å²) >= 11 is 6.16. The summed E-state index contributed by atoms with van der Waals surface area (Å²) in [5.74, 6) is -0.667. The molecular weight excluding hydrogens is 582 g/mol. The number of hydrogen-bond donors (Lipinski definition) is 4. The van der Waals surface area contributed by atoms with Crippen LogP contribution in [0.5, 0.6) is 5.75 Å². The van der Waals surface area contributed by atoms with E-state index in [1.807, 2.05) is 32.0 Å². The fourth-order valence-corrected chi connectivity index (χ4v) is 5.90. The van der Waals surface area contributed by atoms with Gasteiger partial charge in [-0.2, -0.15) is 17.9 Å². The van der Waals surface area contributed by atoms with Crippen LogP contribution < -0.4 is 24.8 Å². The van der Waals surface area contributed by atoms with Crippen molar-refractivity contribution >= 4 is 39.5 Å². The Morgan fingerprint density at radius 1 is 1.07 bits per heavy atom. The molecule has 0 aliphatic carbocycles. The molecule has 0 unspecified atom stereocenters. The summed E-state index contributed by atoms with van der Waals surface area (Å²) < 4.78 is 36.4. The highest BCUT2D eigenvalue weighted by Gasteiger charge is 2.38. The van der Waals surface area contributed by atoms with Gasteiger partial charge in [0, 0.05) is 36.8 Å². The summed E-state index contributed by atoms with van der Waals surface area (Å²) in [6.45, 7) is 6.37. The Balaban J connectivity index is 1.66. The van der Waals surface area contributed by atoms with Crippen molar-refractivity contribution in [2.75, 3.05) is 19.7 Å². The monoisotopic (exact) mass is 621 g/mol. The number of carbonyl (C=O) groups is 3. The zero-order valence-electron chi connectivity index (χ0n) is 24.2. The maximum atomic E-state index is 13.6. The Labute approximate surface area is 252 Å². The van der Waals surface area contributed by atoms with Gasteiger partial charge >= 0.3 is 0 Å². The molecule has 3 rings (SSSR count). The van der Waals surface area contributed by atoms with Crippen LogP contribution in [0.2, 0.25) is 5.02 Å². The highest BCUT2D eigenvalue weighted by Crippen LogP contribution is 2.24. The van der Waals surface area contributed by atoms with Crippen LogP contribution in [-0.4, -0.2) is 62.8 Å². The Bertz CT molecular complexity index is 1330. The topological polar surface area (TPSA) is 146 Å². The zero-order valence-corrected chi connectivity index (χ0v) is 25.8. The summed E-state index contributed by atoms with van der Waals surface area (Å²) in [5, 5.41) is 5.94. The van der Waals surface area contributed by atoms with Gasteiger partial charge in [-0.15, -0.1) is 0 Å². The van der Waals surface area contributed by atoms with Crippen LogP contribution >= 0.6 is 11.6 Å². The van der Waals surface area contributed by atoms with Crippen molar-refractivity contribution in [3.8, 4) is 5.75 Å². The molecule has 1 aliphatic heterocycles. The molecule has 1 aliphatic rings. The van der Waals surface area contributed by atoms with Gasteiger partial charge in [0.05, 0.1) is 0 Å². The van der Waals surface area contributed by atoms with E-state index in [4.69, 9.17) is 16.3 Å². The number of carbonyl (C=O) groups excluding carboxylic acids is 3. The highest BCUT2D eigenvalue weighted by atomic mass is 35.5. The van der Waals surface area contributed by atoms with Crippen molar-refractivity contribution in [1.82, 2.24) is 25.0 Å². The van der Waals surface area contributed by atoms with E-state index in [9.17, 15) is 22.8 Å². The SMILES string of the molecule is CCNC(=O)COc1ccc(Cl)cc1CNC(=O)[C@@H]1CCCN1C(=O)[C@H](CC(C)C)NS(=O)(=O)NCc1ccccc1. The third kappa shape index (κ3) is 10.3. The average Bonchev–Trinajstić information content (AvgIpc) is 3.44. The molecule has 2 aromatic rings. The fourth-order valence-electron chi connectivity index (χ4n) is 4.70. The van der Waals surface area contributed by atoms with E-state index in [0.29, 0.717) is 42.3 Å². The number of rotatable bonds is 15. The van der Waals surface area contributed by atoms with Gasteiger partial charge in [0.2, 0.25) is 11.8 Å². The van der Waals surface area contributed by atoms with E-state index in [1.54, 1.807) is 37.3 Å². The first kappa shape index (κ1) is 33.3. The van der Waals surface area contributed by atoms with E-state index in [1.165, 1.54) is 4.90 Å². The number of amides is 3. The van der Waals surface area contributed by atoms with E-state index >= 15 is 0 Å². The largest absolute Gasteiger partial charge is 0.483 e. The summed E-state index contributed by atoms with van der Waals surface area (Å²) in [6, 6.07) is 12.2. The number of hydrogen-bond acceptors (Lipinski definition) is 6. The lowest BCUT2D eigenvalue weighted by Gasteiger charge is -2.29. The van der Waals surface area contributed by atoms with Crippen molar-refractivity contribution in [3.63, 3.8) is 0 Å². The van der Waals surface area contributed by atoms with Crippen LogP contribution in [0.4, 0.5) is 0 Å². The van der Waals surface area contributed by atoms with Gasteiger partial charge in [0.25, 0.3) is 16.1 Å². The molecule has 1 fully saturated rings. The van der Waals surface area contributed by atoms with Gasteiger partial charge in [-0.25, -0.2) is 0 Å². The molecule has 0 spiro atoms. The highest BCUT2D eigenvalue weighted by molar-refractivity contribution is 7.87. The first-order chi connectivity index (χ1) is 20.0. The van der Waals surface area contributed by atoms with Crippen molar-refractivity contribution in [1.29, 1.82) is 0 Å². The summed E-state index contributed by atoms with van der Waals surface area (Å²) in [4.78, 5) is 40.2. The molecule has 0 radical (unpaired) electrons. The number of likely N-dealkylation sites (tertiary alicyclic amines) is 1. The third-order valence-corrected chi connectivity index (χ3v) is 8.01. The lowest BCUT2D eigenvalue weighted by molar-refractivity contribution is -0.140. The van der Waals surface area contributed by atoms with Gasteiger partial charge in [0.15, 0.2) is 6.61 Å². The molecule has 2 aromatic carbocycles. The maximum absolute atomic E-state index is 13.6. The second kappa shape index (κ2) is 15.9. The van der Waals surface area contributed by atoms with Crippen LogP contribution in [0, 0.1) is 5.92 Å². The molecule has 230 valence electrons. The average molecular weight is 622 g/mol. The molecule has 0 bridgehead atoms. The number of halogens is 1. The van der Waals surface area contributed by atoms with E-state index in [0.717, 1.165) is 5.56 Å². The molecule has 3 amide bonds. The van der Waals surface area contributed by atoms with Crippen molar-refractivity contribution in [2.45, 2.75) is 65.2 Å².